The van der Waals surface area contributed by atoms with Gasteiger partial charge in [-0.3, -0.25) is 0 Å². The molecule has 0 heterocycles. The van der Waals surface area contributed by atoms with Crippen LogP contribution in [-0.4, -0.2) is 33.0 Å². The smallest absolute Gasteiger partial charge is 0.693 e. The summed E-state index contributed by atoms with van der Waals surface area (Å²) in [6.07, 6.45) is -2.25. The van der Waals surface area contributed by atoms with Crippen LogP contribution < -0.4 is 0 Å². The zero-order valence-corrected chi connectivity index (χ0v) is 8.60. The van der Waals surface area contributed by atoms with Gasteiger partial charge in [-0.05, 0) is 12.8 Å². The molecular weight excluding hydrogens is 347 g/mol. The van der Waals surface area contributed by atoms with E-state index in [0.717, 1.165) is 0 Å². The van der Waals surface area contributed by atoms with Gasteiger partial charge in [-0.1, -0.05) is 0 Å². The Morgan fingerprint density at radius 2 is 1.08 bits per heavy atom. The van der Waals surface area contributed by atoms with E-state index in [9.17, 15) is 0 Å². The Bertz CT molecular complexity index is 108. The van der Waals surface area contributed by atoms with Crippen molar-refractivity contribution in [2.75, 3.05) is 0 Å². The molecule has 0 radical (unpaired) electrons. The van der Waals surface area contributed by atoms with Crippen LogP contribution in [0.5, 0.6) is 0 Å². The molecule has 8 N–H and O–H groups in total. The Balaban J connectivity index is -0.000000270. The second-order valence-corrected chi connectivity index (χ2v) is 2.48. The third kappa shape index (κ3) is 3.06. The van der Waals surface area contributed by atoms with Gasteiger partial charge in [0.25, 0.3) is 0 Å². The summed E-state index contributed by atoms with van der Waals surface area (Å²) in [5.41, 5.74) is -1.03. The molecule has 0 spiro atoms. The third-order valence-corrected chi connectivity index (χ3v) is 1.86. The van der Waals surface area contributed by atoms with Crippen molar-refractivity contribution in [1.29, 1.82) is 0 Å². The summed E-state index contributed by atoms with van der Waals surface area (Å²) >= 11 is 0. The minimum absolute atomic E-state index is 0. The summed E-state index contributed by atoms with van der Waals surface area (Å²) in [5.74, 6) is 0. The topological polar surface area (TPSA) is 148 Å². The van der Waals surface area contributed by atoms with E-state index in [0.29, 0.717) is 12.8 Å². The Kier molecular flexibility index (Phi) is 9.12. The minimum atomic E-state index is -1.60. The molecule has 12 heavy (non-hydrogen) atoms. The number of hydrogen-bond acceptors (Lipinski definition) is 4. The fourth-order valence-corrected chi connectivity index (χ4v) is 0.794. The van der Waals surface area contributed by atoms with E-state index in [4.69, 9.17) is 20.4 Å². The summed E-state index contributed by atoms with van der Waals surface area (Å²) < 4.78 is 0. The normalized spacial score (nSPS) is 17.5. The molecule has 0 aromatic heterocycles. The van der Waals surface area contributed by atoms with Crippen LogP contribution in [-0.2, 0) is 21.1 Å². The van der Waals surface area contributed by atoms with Crippen molar-refractivity contribution in [1.82, 2.24) is 0 Å². The van der Waals surface area contributed by atoms with Crippen LogP contribution in [0.1, 0.15) is 12.8 Å². The first-order valence-corrected chi connectivity index (χ1v) is 2.82. The van der Waals surface area contributed by atoms with Gasteiger partial charge in [0.15, 0.2) is 12.6 Å². The maximum Gasteiger partial charge on any atom is 2.00 e. The Labute approximate surface area is 85.0 Å². The van der Waals surface area contributed by atoms with Gasteiger partial charge in [0.1, 0.15) is 0 Å². The second-order valence-electron chi connectivity index (χ2n) is 2.48. The molecule has 1 saturated carbocycles. The predicted molar refractivity (Wildman–Crippen MR) is 38.7 cm³/mol. The van der Waals surface area contributed by atoms with Crippen molar-refractivity contribution in [3.05, 3.63) is 12.3 Å². The van der Waals surface area contributed by atoms with Crippen LogP contribution >= 0.6 is 0 Å². The van der Waals surface area contributed by atoms with E-state index in [-0.39, 0.29) is 33.4 Å². The molecule has 0 aliphatic heterocycles. The van der Waals surface area contributed by atoms with E-state index < -0.39 is 18.0 Å². The first-order chi connectivity index (χ1) is 4.09. The summed E-state index contributed by atoms with van der Waals surface area (Å²) in [6.45, 7) is 0. The molecule has 1 aliphatic carbocycles. The van der Waals surface area contributed by atoms with Gasteiger partial charge >= 0.3 is 21.1 Å². The fraction of sp³-hybridized carbons (Fsp3) is 1.00. The Morgan fingerprint density at radius 1 is 0.833 bits per heavy atom. The summed E-state index contributed by atoms with van der Waals surface area (Å²) in [7, 11) is 0. The largest absolute Gasteiger partial charge is 2.00 e. The van der Waals surface area contributed by atoms with Crippen LogP contribution in [0.25, 0.3) is 12.3 Å². The van der Waals surface area contributed by atoms with Crippen molar-refractivity contribution in [2.24, 2.45) is 5.41 Å². The van der Waals surface area contributed by atoms with Crippen LogP contribution in [0, 0.1) is 5.41 Å². The predicted octanol–water partition coefficient (Wildman–Crippen LogP) is -0.180. The number of aliphatic hydroxyl groups is 4. The monoisotopic (exact) mass is 361 g/mol. The standard InChI is InChI=1S/C5H10O4.2H2N.Pt/c6-3(7)5(1-2-5)4(8)9;;;/h3-4,6-9H,1-2H2;2*1H2;/q;2*-1;+2. The van der Waals surface area contributed by atoms with E-state index >= 15 is 0 Å². The van der Waals surface area contributed by atoms with Crippen molar-refractivity contribution < 1.29 is 41.5 Å². The number of aliphatic hydroxyl groups excluding tert-OH is 2. The maximum atomic E-state index is 8.55. The molecule has 78 valence electrons. The zero-order valence-electron chi connectivity index (χ0n) is 6.33. The van der Waals surface area contributed by atoms with Gasteiger partial charge in [-0.2, -0.15) is 0 Å². The van der Waals surface area contributed by atoms with Crippen LogP contribution in [0.2, 0.25) is 0 Å². The average molecular weight is 361 g/mol. The quantitative estimate of drug-likeness (QED) is 0.505. The Hall–Kier alpha value is 0.448. The van der Waals surface area contributed by atoms with Gasteiger partial charge in [0, 0.05) is 0 Å². The van der Waals surface area contributed by atoms with Gasteiger partial charge in [0.2, 0.25) is 0 Å². The first kappa shape index (κ1) is 18.3. The van der Waals surface area contributed by atoms with Gasteiger partial charge < -0.3 is 32.7 Å². The SMILES string of the molecule is OC(O)C1(C(O)O)CC1.[NH2-].[NH2-].[Pt+2]. The van der Waals surface area contributed by atoms with Gasteiger partial charge in [0.05, 0.1) is 5.41 Å². The molecule has 6 nitrogen and oxygen atoms in total. The van der Waals surface area contributed by atoms with Crippen molar-refractivity contribution in [3.8, 4) is 0 Å². The summed E-state index contributed by atoms with van der Waals surface area (Å²) in [6, 6.07) is 0. The summed E-state index contributed by atoms with van der Waals surface area (Å²) in [5, 5.41) is 34.2. The van der Waals surface area contributed by atoms with E-state index in [1.165, 1.54) is 0 Å². The van der Waals surface area contributed by atoms with Crippen molar-refractivity contribution >= 4 is 0 Å². The van der Waals surface area contributed by atoms with Crippen LogP contribution in [0.15, 0.2) is 0 Å². The molecule has 0 atom stereocenters. The van der Waals surface area contributed by atoms with Gasteiger partial charge in [-0.25, -0.2) is 0 Å². The maximum absolute atomic E-state index is 8.55. The fourth-order valence-electron chi connectivity index (χ4n) is 0.794. The average Bonchev–Trinajstić information content (AvgIpc) is 2.40. The van der Waals surface area contributed by atoms with Crippen molar-refractivity contribution in [3.63, 3.8) is 0 Å². The molecule has 0 amide bonds. The molecule has 1 aliphatic rings. The third-order valence-electron chi connectivity index (χ3n) is 1.86. The molecule has 1 fully saturated rings. The van der Waals surface area contributed by atoms with Gasteiger partial charge in [-0.15, -0.1) is 0 Å². The number of hydrogen-bond donors (Lipinski definition) is 4. The summed E-state index contributed by atoms with van der Waals surface area (Å²) in [4.78, 5) is 0. The Morgan fingerprint density at radius 3 is 1.08 bits per heavy atom. The van der Waals surface area contributed by atoms with E-state index in [1.807, 2.05) is 0 Å². The van der Waals surface area contributed by atoms with Crippen LogP contribution in [0.3, 0.4) is 0 Å². The molecular formula is C5H14N2O4Pt. The molecule has 1 rings (SSSR count). The zero-order chi connectivity index (χ0) is 7.07. The number of rotatable bonds is 2. The molecule has 0 bridgehead atoms. The van der Waals surface area contributed by atoms with Crippen LogP contribution in [0.4, 0.5) is 0 Å². The van der Waals surface area contributed by atoms with E-state index in [1.54, 1.807) is 0 Å². The number of nitrogens with two attached hydrogens (primary N) is 2. The van der Waals surface area contributed by atoms with Crippen molar-refractivity contribution in [2.45, 2.75) is 25.4 Å². The minimum Gasteiger partial charge on any atom is -0.693 e. The van der Waals surface area contributed by atoms with E-state index in [2.05, 4.69) is 0 Å². The molecule has 7 heteroatoms. The molecule has 0 unspecified atom stereocenters. The second kappa shape index (κ2) is 5.99. The molecule has 0 aromatic carbocycles. The molecule has 0 aromatic rings. The molecule has 0 saturated heterocycles. The first-order valence-electron chi connectivity index (χ1n) is 2.82.